The molecule has 0 nitrogen and oxygen atoms in total. The van der Waals surface area contributed by atoms with E-state index in [2.05, 4.69) is 32.2 Å². The Labute approximate surface area is 51.5 Å². The smallest absolute Gasteiger partial charge is 0.117 e. The molecule has 8 heavy (non-hydrogen) atoms. The molecule has 1 heterocycles. The fourth-order valence-corrected chi connectivity index (χ4v) is 0.869. The van der Waals surface area contributed by atoms with E-state index in [1.54, 1.807) is 0 Å². The van der Waals surface area contributed by atoms with Gasteiger partial charge in [-0.2, -0.15) is 0 Å². The van der Waals surface area contributed by atoms with Crippen LogP contribution < -0.4 is 0 Å². The fourth-order valence-electron chi connectivity index (χ4n) is 0.869. The van der Waals surface area contributed by atoms with Crippen LogP contribution in [0.5, 0.6) is 0 Å². The van der Waals surface area contributed by atoms with Gasteiger partial charge in [-0.15, -0.1) is 12.0 Å². The van der Waals surface area contributed by atoms with Crippen molar-refractivity contribution in [3.63, 3.8) is 0 Å². The van der Waals surface area contributed by atoms with Crippen LogP contribution in [0.25, 0.3) is 0 Å². The first-order valence-corrected chi connectivity index (χ1v) is 3.14. The van der Waals surface area contributed by atoms with Crippen molar-refractivity contribution in [2.75, 3.05) is 0 Å². The van der Waals surface area contributed by atoms with Crippen molar-refractivity contribution in [1.29, 1.82) is 0 Å². The lowest BCUT2D eigenvalue weighted by Gasteiger charge is -1.90. The fraction of sp³-hybridized carbons (Fsp3) is 0.429. The van der Waals surface area contributed by atoms with Crippen LogP contribution >= 0.6 is 0 Å². The molecule has 1 heteroatoms. The summed E-state index contributed by atoms with van der Waals surface area (Å²) < 4.78 is 0. The van der Waals surface area contributed by atoms with E-state index in [1.165, 1.54) is 18.4 Å². The maximum Gasteiger partial charge on any atom is 0.171 e. The van der Waals surface area contributed by atoms with Crippen LogP contribution in [0.4, 0.5) is 0 Å². The first-order chi connectivity index (χ1) is 3.93. The molecule has 1 radical (unpaired) electrons. The zero-order valence-electron chi connectivity index (χ0n) is 5.22. The van der Waals surface area contributed by atoms with Gasteiger partial charge in [0.15, 0.2) is 7.28 Å². The monoisotopic (exact) mass is 105 g/mol. The summed E-state index contributed by atoms with van der Waals surface area (Å²) in [4.78, 5) is 0. The van der Waals surface area contributed by atoms with Gasteiger partial charge in [0.1, 0.15) is 0 Å². The molecular formula is C7H10B. The van der Waals surface area contributed by atoms with Gasteiger partial charge < -0.3 is 0 Å². The van der Waals surface area contributed by atoms with E-state index in [-0.39, 0.29) is 0 Å². The summed E-state index contributed by atoms with van der Waals surface area (Å²) in [5, 5.41) is 0. The lowest BCUT2D eigenvalue weighted by atomic mass is 9.82. The third-order valence-electron chi connectivity index (χ3n) is 1.27. The van der Waals surface area contributed by atoms with Gasteiger partial charge in [-0.25, -0.2) is 0 Å². The molecule has 1 rings (SSSR count). The lowest BCUT2D eigenvalue weighted by Crippen LogP contribution is -1.73. The highest BCUT2D eigenvalue weighted by molar-refractivity contribution is 6.49. The third kappa shape index (κ3) is 1.26. The van der Waals surface area contributed by atoms with Gasteiger partial charge in [0.05, 0.1) is 0 Å². The van der Waals surface area contributed by atoms with Gasteiger partial charge in [0, 0.05) is 0 Å². The molecule has 0 aromatic rings. The Bertz CT molecular complexity index is 122. The van der Waals surface area contributed by atoms with Crippen molar-refractivity contribution in [3.8, 4) is 0 Å². The minimum Gasteiger partial charge on any atom is -0.117 e. The molecule has 0 amide bonds. The molecule has 1 aliphatic rings. The van der Waals surface area contributed by atoms with Crippen LogP contribution in [0.2, 0.25) is 0 Å². The van der Waals surface area contributed by atoms with Crippen LogP contribution in [0.1, 0.15) is 19.8 Å². The summed E-state index contributed by atoms with van der Waals surface area (Å²) >= 11 is 0. The average molecular weight is 105 g/mol. The van der Waals surface area contributed by atoms with Crippen LogP contribution in [-0.4, -0.2) is 7.28 Å². The van der Waals surface area contributed by atoms with E-state index >= 15 is 0 Å². The van der Waals surface area contributed by atoms with Gasteiger partial charge in [0.2, 0.25) is 0 Å². The Morgan fingerprint density at radius 1 is 1.62 bits per heavy atom. The molecule has 0 N–H and O–H groups in total. The normalized spacial score (nSPS) is 15.9. The molecule has 0 saturated carbocycles. The van der Waals surface area contributed by atoms with E-state index in [1.807, 2.05) is 0 Å². The standard InChI is InChI=1S/C7H10B/c1-2-3-7-4-5-8-6-7/h4-6H,2-3H2,1H3. The van der Waals surface area contributed by atoms with Crippen LogP contribution in [0, 0.1) is 0 Å². The number of hydrogen-bond acceptors (Lipinski definition) is 0. The Kier molecular flexibility index (Phi) is 1.96. The van der Waals surface area contributed by atoms with Crippen molar-refractivity contribution in [2.24, 2.45) is 0 Å². The van der Waals surface area contributed by atoms with E-state index in [0.717, 1.165) is 0 Å². The Morgan fingerprint density at radius 3 is 3.00 bits per heavy atom. The van der Waals surface area contributed by atoms with Gasteiger partial charge >= 0.3 is 0 Å². The number of hydrogen-bond donors (Lipinski definition) is 0. The van der Waals surface area contributed by atoms with Crippen molar-refractivity contribution in [2.45, 2.75) is 19.8 Å². The molecule has 0 bridgehead atoms. The van der Waals surface area contributed by atoms with Gasteiger partial charge in [-0.1, -0.05) is 25.0 Å². The molecule has 0 aromatic heterocycles. The Morgan fingerprint density at radius 2 is 2.50 bits per heavy atom. The van der Waals surface area contributed by atoms with Crippen molar-refractivity contribution >= 4 is 7.28 Å². The molecule has 1 aliphatic heterocycles. The molecule has 0 unspecified atom stereocenters. The second kappa shape index (κ2) is 2.76. The minimum absolute atomic E-state index is 1.23. The zero-order chi connectivity index (χ0) is 5.82. The third-order valence-corrected chi connectivity index (χ3v) is 1.27. The number of rotatable bonds is 2. The van der Waals surface area contributed by atoms with E-state index < -0.39 is 0 Å². The van der Waals surface area contributed by atoms with Gasteiger partial charge in [-0.05, 0) is 6.42 Å². The van der Waals surface area contributed by atoms with Crippen molar-refractivity contribution in [1.82, 2.24) is 0 Å². The van der Waals surface area contributed by atoms with E-state index in [4.69, 9.17) is 0 Å². The largest absolute Gasteiger partial charge is 0.171 e. The summed E-state index contributed by atoms with van der Waals surface area (Å²) in [5.41, 5.74) is 1.47. The maximum absolute atomic E-state index is 2.20. The summed E-state index contributed by atoms with van der Waals surface area (Å²) in [7, 11) is 2.09. The second-order valence-electron chi connectivity index (χ2n) is 2.04. The maximum atomic E-state index is 2.20. The quantitative estimate of drug-likeness (QED) is 0.470. The highest BCUT2D eigenvalue weighted by Crippen LogP contribution is 2.09. The van der Waals surface area contributed by atoms with E-state index in [0.29, 0.717) is 0 Å². The molecular weight excluding hydrogens is 94.9 g/mol. The van der Waals surface area contributed by atoms with Gasteiger partial charge in [-0.3, -0.25) is 0 Å². The van der Waals surface area contributed by atoms with Crippen LogP contribution in [-0.2, 0) is 0 Å². The molecule has 0 atom stereocenters. The zero-order valence-corrected chi connectivity index (χ0v) is 5.22. The first kappa shape index (κ1) is 5.68. The molecule has 0 saturated heterocycles. The summed E-state index contributed by atoms with van der Waals surface area (Å²) in [6.07, 6.45) is 4.65. The first-order valence-electron chi connectivity index (χ1n) is 3.14. The average Bonchev–Trinajstić information content (AvgIpc) is 2.19. The molecule has 41 valence electrons. The van der Waals surface area contributed by atoms with E-state index in [9.17, 15) is 0 Å². The molecule has 0 aliphatic carbocycles. The van der Waals surface area contributed by atoms with Crippen LogP contribution in [0.15, 0.2) is 23.6 Å². The second-order valence-corrected chi connectivity index (χ2v) is 2.04. The lowest BCUT2D eigenvalue weighted by molar-refractivity contribution is 0.930. The Balaban J connectivity index is 2.34. The summed E-state index contributed by atoms with van der Waals surface area (Å²) in [5.74, 6) is 4.26. The predicted molar refractivity (Wildman–Crippen MR) is 37.9 cm³/mol. The van der Waals surface area contributed by atoms with Crippen LogP contribution in [0.3, 0.4) is 0 Å². The highest BCUT2D eigenvalue weighted by Gasteiger charge is 1.94. The molecule has 0 fully saturated rings. The van der Waals surface area contributed by atoms with Crippen molar-refractivity contribution in [3.05, 3.63) is 23.6 Å². The predicted octanol–water partition coefficient (Wildman–Crippen LogP) is 1.90. The van der Waals surface area contributed by atoms with Crippen molar-refractivity contribution < 1.29 is 0 Å². The SMILES string of the molecule is CCCC1=C[B]C=C1. The Hall–Kier alpha value is -0.455. The highest BCUT2D eigenvalue weighted by atomic mass is 13.9. The molecule has 0 aromatic carbocycles. The summed E-state index contributed by atoms with van der Waals surface area (Å²) in [6.45, 7) is 2.20. The number of allylic oxidation sites excluding steroid dienone is 2. The van der Waals surface area contributed by atoms with Gasteiger partial charge in [0.25, 0.3) is 0 Å². The topological polar surface area (TPSA) is 0 Å². The summed E-state index contributed by atoms with van der Waals surface area (Å²) in [6, 6.07) is 0. The minimum atomic E-state index is 1.23. The molecule has 0 spiro atoms.